The Morgan fingerprint density at radius 2 is 2.00 bits per heavy atom. The quantitative estimate of drug-likeness (QED) is 0.837. The maximum atomic E-state index is 11.8. The number of amides is 1. The fourth-order valence-corrected chi connectivity index (χ4v) is 2.16. The molecule has 1 aromatic carbocycles. The highest BCUT2D eigenvalue weighted by Gasteiger charge is 2.22. The topological polar surface area (TPSA) is 57.2 Å². The molecule has 0 spiro atoms. The van der Waals surface area contributed by atoms with Gasteiger partial charge in [-0.3, -0.25) is 4.79 Å². The highest BCUT2D eigenvalue weighted by atomic mass is 35.5. The first-order valence-corrected chi connectivity index (χ1v) is 6.57. The van der Waals surface area contributed by atoms with Gasteiger partial charge in [0, 0.05) is 23.3 Å². The van der Waals surface area contributed by atoms with Gasteiger partial charge < -0.3 is 4.98 Å². The van der Waals surface area contributed by atoms with E-state index in [0.29, 0.717) is 17.0 Å². The van der Waals surface area contributed by atoms with E-state index < -0.39 is 0 Å². The number of nitrogens with zero attached hydrogens (tertiary/aromatic N) is 1. The van der Waals surface area contributed by atoms with Crippen LogP contribution in [0.1, 0.15) is 11.3 Å². The lowest BCUT2D eigenvalue weighted by molar-refractivity contribution is -0.116. The lowest BCUT2D eigenvalue weighted by Gasteiger charge is -2.02. The minimum absolute atomic E-state index is 0.177. The van der Waals surface area contributed by atoms with E-state index in [9.17, 15) is 4.79 Å². The highest BCUT2D eigenvalue weighted by Crippen LogP contribution is 2.16. The molecule has 2 heterocycles. The molecule has 4 nitrogen and oxygen atoms in total. The van der Waals surface area contributed by atoms with Gasteiger partial charge >= 0.3 is 0 Å². The number of aromatic amines is 1. The maximum Gasteiger partial charge on any atom is 0.273 e. The van der Waals surface area contributed by atoms with Crippen LogP contribution in [0.2, 0.25) is 5.02 Å². The molecule has 1 amide bonds. The summed E-state index contributed by atoms with van der Waals surface area (Å²) in [6.45, 7) is 0. The number of carbonyl (C=O) groups excluding carboxylic acids is 1. The third kappa shape index (κ3) is 2.65. The Kier molecular flexibility index (Phi) is 3.39. The number of rotatable bonds is 3. The number of H-pyrrole nitrogens is 1. The van der Waals surface area contributed by atoms with Crippen molar-refractivity contribution in [3.63, 3.8) is 0 Å². The molecule has 1 aromatic heterocycles. The standard InChI is InChI=1S/C15H12ClN3O/c16-11-5-3-10(4-6-11)8-14-13(15(20)19-18-14)9-12-2-1-7-17-12/h1-7,9,17H,8H2,(H,19,20). The van der Waals surface area contributed by atoms with Crippen LogP contribution in [0.25, 0.3) is 6.08 Å². The summed E-state index contributed by atoms with van der Waals surface area (Å²) < 4.78 is 0. The largest absolute Gasteiger partial charge is 0.362 e. The Labute approximate surface area is 121 Å². The van der Waals surface area contributed by atoms with E-state index in [4.69, 9.17) is 11.6 Å². The predicted octanol–water partition coefficient (Wildman–Crippen LogP) is 2.78. The van der Waals surface area contributed by atoms with E-state index in [1.807, 2.05) is 42.6 Å². The average Bonchev–Trinajstić information content (AvgIpc) is 3.06. The van der Waals surface area contributed by atoms with Gasteiger partial charge in [0.25, 0.3) is 5.91 Å². The van der Waals surface area contributed by atoms with E-state index in [0.717, 1.165) is 17.0 Å². The first kappa shape index (κ1) is 12.7. The molecule has 20 heavy (non-hydrogen) atoms. The summed E-state index contributed by atoms with van der Waals surface area (Å²) in [5, 5.41) is 4.79. The molecule has 0 aliphatic carbocycles. The lowest BCUT2D eigenvalue weighted by Crippen LogP contribution is -2.14. The zero-order chi connectivity index (χ0) is 13.9. The summed E-state index contributed by atoms with van der Waals surface area (Å²) in [4.78, 5) is 14.9. The molecule has 0 fully saturated rings. The van der Waals surface area contributed by atoms with Crippen LogP contribution >= 0.6 is 11.6 Å². The van der Waals surface area contributed by atoms with Crippen molar-refractivity contribution in [2.75, 3.05) is 0 Å². The molecule has 2 aromatic rings. The average molecular weight is 286 g/mol. The summed E-state index contributed by atoms with van der Waals surface area (Å²) in [5.41, 5.74) is 5.75. The Morgan fingerprint density at radius 1 is 1.20 bits per heavy atom. The van der Waals surface area contributed by atoms with E-state index in [1.54, 1.807) is 6.08 Å². The molecule has 2 N–H and O–H groups in total. The maximum absolute atomic E-state index is 11.8. The molecule has 5 heteroatoms. The minimum atomic E-state index is -0.177. The molecule has 1 aliphatic heterocycles. The van der Waals surface area contributed by atoms with Crippen LogP contribution in [-0.4, -0.2) is 16.6 Å². The van der Waals surface area contributed by atoms with Crippen LogP contribution in [0.15, 0.2) is 53.3 Å². The molecule has 0 unspecified atom stereocenters. The van der Waals surface area contributed by atoms with Gasteiger partial charge in [-0.15, -0.1) is 0 Å². The van der Waals surface area contributed by atoms with E-state index in [-0.39, 0.29) is 5.91 Å². The zero-order valence-corrected chi connectivity index (χ0v) is 11.3. The van der Waals surface area contributed by atoms with Crippen molar-refractivity contribution in [1.29, 1.82) is 0 Å². The van der Waals surface area contributed by atoms with Gasteiger partial charge in [0.05, 0.1) is 11.3 Å². The van der Waals surface area contributed by atoms with Crippen molar-refractivity contribution in [3.8, 4) is 0 Å². The number of carbonyl (C=O) groups is 1. The number of hydrogen-bond acceptors (Lipinski definition) is 2. The highest BCUT2D eigenvalue weighted by molar-refractivity contribution is 6.30. The van der Waals surface area contributed by atoms with Gasteiger partial charge in [-0.2, -0.15) is 5.10 Å². The van der Waals surface area contributed by atoms with Gasteiger partial charge in [-0.25, -0.2) is 5.43 Å². The summed E-state index contributed by atoms with van der Waals surface area (Å²) in [6, 6.07) is 11.3. The van der Waals surface area contributed by atoms with Crippen LogP contribution in [0.4, 0.5) is 0 Å². The number of nitrogens with one attached hydrogen (secondary N) is 2. The summed E-state index contributed by atoms with van der Waals surface area (Å²) in [5.74, 6) is -0.177. The normalized spacial score (nSPS) is 16.4. The fourth-order valence-electron chi connectivity index (χ4n) is 2.04. The number of benzene rings is 1. The number of hydrogen-bond donors (Lipinski definition) is 2. The van der Waals surface area contributed by atoms with Crippen molar-refractivity contribution >= 4 is 29.3 Å². The Bertz CT molecular complexity index is 684. The van der Waals surface area contributed by atoms with Crippen molar-refractivity contribution in [2.45, 2.75) is 6.42 Å². The molecule has 0 radical (unpaired) electrons. The van der Waals surface area contributed by atoms with Crippen molar-refractivity contribution in [1.82, 2.24) is 10.4 Å². The lowest BCUT2D eigenvalue weighted by atomic mass is 10.0. The Morgan fingerprint density at radius 3 is 2.70 bits per heavy atom. The van der Waals surface area contributed by atoms with Crippen molar-refractivity contribution in [2.24, 2.45) is 5.10 Å². The Hall–Kier alpha value is -2.33. The van der Waals surface area contributed by atoms with E-state index in [1.165, 1.54) is 0 Å². The monoisotopic (exact) mass is 285 g/mol. The van der Waals surface area contributed by atoms with Crippen LogP contribution in [0.3, 0.4) is 0 Å². The second-order valence-electron chi connectivity index (χ2n) is 4.49. The second kappa shape index (κ2) is 5.35. The third-order valence-electron chi connectivity index (χ3n) is 3.05. The SMILES string of the molecule is O=C1NN=C(Cc2ccc(Cl)cc2)C1=Cc1ccc[nH]1. The van der Waals surface area contributed by atoms with E-state index in [2.05, 4.69) is 15.5 Å². The van der Waals surface area contributed by atoms with Gasteiger partial charge in [-0.05, 0) is 35.9 Å². The molecule has 0 atom stereocenters. The van der Waals surface area contributed by atoms with Crippen LogP contribution < -0.4 is 5.43 Å². The van der Waals surface area contributed by atoms with Gasteiger partial charge in [0.2, 0.25) is 0 Å². The molecule has 0 saturated heterocycles. The molecular weight excluding hydrogens is 274 g/mol. The smallest absolute Gasteiger partial charge is 0.273 e. The number of halogens is 1. The van der Waals surface area contributed by atoms with Gasteiger partial charge in [-0.1, -0.05) is 23.7 Å². The van der Waals surface area contributed by atoms with E-state index >= 15 is 0 Å². The van der Waals surface area contributed by atoms with Crippen LogP contribution in [-0.2, 0) is 11.2 Å². The summed E-state index contributed by atoms with van der Waals surface area (Å²) in [6.07, 6.45) is 4.20. The first-order chi connectivity index (χ1) is 9.72. The molecule has 100 valence electrons. The van der Waals surface area contributed by atoms with Crippen molar-refractivity contribution < 1.29 is 4.79 Å². The third-order valence-corrected chi connectivity index (χ3v) is 3.31. The molecule has 0 bridgehead atoms. The second-order valence-corrected chi connectivity index (χ2v) is 4.92. The minimum Gasteiger partial charge on any atom is -0.362 e. The fraction of sp³-hybridized carbons (Fsp3) is 0.0667. The number of hydrazone groups is 1. The first-order valence-electron chi connectivity index (χ1n) is 6.19. The molecule has 3 rings (SSSR count). The molecule has 1 aliphatic rings. The zero-order valence-electron chi connectivity index (χ0n) is 10.6. The summed E-state index contributed by atoms with van der Waals surface area (Å²) >= 11 is 5.86. The molecule has 0 saturated carbocycles. The number of aromatic nitrogens is 1. The van der Waals surface area contributed by atoms with Crippen LogP contribution in [0, 0.1) is 0 Å². The molecular formula is C15H12ClN3O. The summed E-state index contributed by atoms with van der Waals surface area (Å²) in [7, 11) is 0. The van der Waals surface area contributed by atoms with Crippen molar-refractivity contribution in [3.05, 3.63) is 64.4 Å². The van der Waals surface area contributed by atoms with Gasteiger partial charge in [0.1, 0.15) is 0 Å². The van der Waals surface area contributed by atoms with Gasteiger partial charge in [0.15, 0.2) is 0 Å². The predicted molar refractivity (Wildman–Crippen MR) is 79.5 cm³/mol. The Balaban J connectivity index is 1.85. The van der Waals surface area contributed by atoms with Crippen LogP contribution in [0.5, 0.6) is 0 Å².